The Morgan fingerprint density at radius 3 is 1.71 bits per heavy atom. The lowest BCUT2D eigenvalue weighted by atomic mass is 10.0. The molecule has 0 saturated carbocycles. The van der Waals surface area contributed by atoms with Gasteiger partial charge in [-0.2, -0.15) is 0 Å². The minimum Gasteiger partial charge on any atom is -0.481 e. The van der Waals surface area contributed by atoms with Gasteiger partial charge in [-0.15, -0.1) is 0 Å². The number of carbonyl (C=O) groups excluding carboxylic acids is 1. The van der Waals surface area contributed by atoms with Crippen molar-refractivity contribution in [2.45, 2.75) is 84.0 Å². The Morgan fingerprint density at radius 1 is 0.857 bits per heavy atom. The van der Waals surface area contributed by atoms with Crippen LogP contribution in [0.25, 0.3) is 0 Å². The SMILES string of the molecule is COC(=O)C(C)CCCCCCCCCCCCC(=O)O. The van der Waals surface area contributed by atoms with Gasteiger partial charge in [0.2, 0.25) is 0 Å². The molecule has 0 radical (unpaired) electrons. The molecule has 0 aliphatic rings. The fourth-order valence-electron chi connectivity index (χ4n) is 2.46. The maximum Gasteiger partial charge on any atom is 0.308 e. The second kappa shape index (κ2) is 13.9. The number of carboxylic acids is 1. The number of esters is 1. The lowest BCUT2D eigenvalue weighted by Gasteiger charge is -2.08. The van der Waals surface area contributed by atoms with E-state index in [2.05, 4.69) is 0 Å². The Morgan fingerprint density at radius 2 is 1.29 bits per heavy atom. The lowest BCUT2D eigenvalue weighted by molar-refractivity contribution is -0.145. The topological polar surface area (TPSA) is 63.6 Å². The number of hydrogen-bond donors (Lipinski definition) is 1. The number of hydrogen-bond acceptors (Lipinski definition) is 3. The number of aliphatic carboxylic acids is 1. The molecule has 0 aliphatic carbocycles. The van der Waals surface area contributed by atoms with Crippen molar-refractivity contribution in [3.05, 3.63) is 0 Å². The smallest absolute Gasteiger partial charge is 0.308 e. The highest BCUT2D eigenvalue weighted by Crippen LogP contribution is 2.14. The third-order valence-electron chi connectivity index (χ3n) is 3.88. The van der Waals surface area contributed by atoms with Gasteiger partial charge >= 0.3 is 11.9 Å². The molecule has 0 rings (SSSR count). The first kappa shape index (κ1) is 19.9. The molecule has 0 fully saturated rings. The summed E-state index contributed by atoms with van der Waals surface area (Å²) in [7, 11) is 1.44. The van der Waals surface area contributed by atoms with Gasteiger partial charge in [0, 0.05) is 6.42 Å². The Hall–Kier alpha value is -1.06. The maximum atomic E-state index is 11.2. The zero-order valence-electron chi connectivity index (χ0n) is 13.7. The molecule has 0 aliphatic heterocycles. The van der Waals surface area contributed by atoms with Crippen LogP contribution in [-0.2, 0) is 14.3 Å². The minimum atomic E-state index is -0.684. The number of carboxylic acid groups (broad SMARTS) is 1. The molecule has 21 heavy (non-hydrogen) atoms. The standard InChI is InChI=1S/C17H32O4/c1-15(17(20)21-2)13-11-9-7-5-3-4-6-8-10-12-14-16(18)19/h15H,3-14H2,1-2H3,(H,18,19). The van der Waals surface area contributed by atoms with Crippen LogP contribution in [0.15, 0.2) is 0 Å². The predicted molar refractivity (Wildman–Crippen MR) is 84.2 cm³/mol. The first-order valence-electron chi connectivity index (χ1n) is 8.37. The van der Waals surface area contributed by atoms with E-state index in [1.54, 1.807) is 0 Å². The van der Waals surface area contributed by atoms with Crippen LogP contribution in [0.3, 0.4) is 0 Å². The highest BCUT2D eigenvalue weighted by Gasteiger charge is 2.11. The molecule has 0 aromatic carbocycles. The van der Waals surface area contributed by atoms with Crippen molar-refractivity contribution in [1.82, 2.24) is 0 Å². The van der Waals surface area contributed by atoms with Crippen LogP contribution in [0.1, 0.15) is 84.0 Å². The van der Waals surface area contributed by atoms with E-state index in [9.17, 15) is 9.59 Å². The largest absolute Gasteiger partial charge is 0.481 e. The van der Waals surface area contributed by atoms with E-state index >= 15 is 0 Å². The molecule has 1 N–H and O–H groups in total. The third kappa shape index (κ3) is 13.7. The van der Waals surface area contributed by atoms with Gasteiger partial charge in [-0.1, -0.05) is 64.7 Å². The average molecular weight is 300 g/mol. The molecule has 0 aromatic heterocycles. The Bertz CT molecular complexity index is 276. The maximum absolute atomic E-state index is 11.2. The Labute approximate surface area is 129 Å². The van der Waals surface area contributed by atoms with Gasteiger partial charge < -0.3 is 9.84 Å². The van der Waals surface area contributed by atoms with Crippen molar-refractivity contribution in [1.29, 1.82) is 0 Å². The van der Waals surface area contributed by atoms with Gasteiger partial charge in [0.05, 0.1) is 13.0 Å². The first-order valence-corrected chi connectivity index (χ1v) is 8.37. The highest BCUT2D eigenvalue weighted by molar-refractivity contribution is 5.71. The molecule has 0 bridgehead atoms. The van der Waals surface area contributed by atoms with Crippen molar-refractivity contribution >= 4 is 11.9 Å². The van der Waals surface area contributed by atoms with Gasteiger partial charge in [-0.3, -0.25) is 9.59 Å². The molecule has 124 valence electrons. The van der Waals surface area contributed by atoms with Crippen molar-refractivity contribution in [3.63, 3.8) is 0 Å². The fourth-order valence-corrected chi connectivity index (χ4v) is 2.46. The van der Waals surface area contributed by atoms with Crippen molar-refractivity contribution in [3.8, 4) is 0 Å². The van der Waals surface area contributed by atoms with Crippen LogP contribution < -0.4 is 0 Å². The summed E-state index contributed by atoms with van der Waals surface area (Å²) in [6.07, 6.45) is 12.8. The summed E-state index contributed by atoms with van der Waals surface area (Å²) >= 11 is 0. The molecule has 4 heteroatoms. The summed E-state index contributed by atoms with van der Waals surface area (Å²) in [6.45, 7) is 1.93. The molecule has 0 spiro atoms. The first-order chi connectivity index (χ1) is 10.1. The van der Waals surface area contributed by atoms with E-state index < -0.39 is 5.97 Å². The van der Waals surface area contributed by atoms with Crippen molar-refractivity contribution in [2.75, 3.05) is 7.11 Å². The molecular weight excluding hydrogens is 268 g/mol. The van der Waals surface area contributed by atoms with E-state index in [0.29, 0.717) is 6.42 Å². The Balaban J connectivity index is 3.16. The number of methoxy groups -OCH3 is 1. The Kier molecular flexibility index (Phi) is 13.2. The number of carbonyl (C=O) groups is 2. The normalized spacial score (nSPS) is 12.1. The van der Waals surface area contributed by atoms with Gasteiger partial charge in [-0.05, 0) is 12.8 Å². The quantitative estimate of drug-likeness (QED) is 0.377. The fraction of sp³-hybridized carbons (Fsp3) is 0.882. The van der Waals surface area contributed by atoms with Crippen LogP contribution in [0.5, 0.6) is 0 Å². The summed E-state index contributed by atoms with van der Waals surface area (Å²) in [5.41, 5.74) is 0. The zero-order valence-corrected chi connectivity index (χ0v) is 13.7. The van der Waals surface area contributed by atoms with Crippen LogP contribution >= 0.6 is 0 Å². The summed E-state index contributed by atoms with van der Waals surface area (Å²) in [4.78, 5) is 21.5. The third-order valence-corrected chi connectivity index (χ3v) is 3.88. The van der Waals surface area contributed by atoms with Gasteiger partial charge in [0.1, 0.15) is 0 Å². The predicted octanol–water partition coefficient (Wildman–Crippen LogP) is 4.56. The second-order valence-corrected chi connectivity index (χ2v) is 5.89. The van der Waals surface area contributed by atoms with E-state index in [-0.39, 0.29) is 11.9 Å². The minimum absolute atomic E-state index is 0.0285. The van der Waals surface area contributed by atoms with E-state index in [1.807, 2.05) is 6.92 Å². The number of rotatable bonds is 14. The lowest BCUT2D eigenvalue weighted by Crippen LogP contribution is -2.12. The number of ether oxygens (including phenoxy) is 1. The van der Waals surface area contributed by atoms with Crippen LogP contribution in [0, 0.1) is 5.92 Å². The summed E-state index contributed by atoms with van der Waals surface area (Å²) in [5.74, 6) is -0.754. The molecule has 0 amide bonds. The van der Waals surface area contributed by atoms with Gasteiger partial charge in [0.15, 0.2) is 0 Å². The molecule has 0 heterocycles. The molecule has 1 unspecified atom stereocenters. The van der Waals surface area contributed by atoms with Gasteiger partial charge in [0.25, 0.3) is 0 Å². The average Bonchev–Trinajstić information content (AvgIpc) is 2.46. The highest BCUT2D eigenvalue weighted by atomic mass is 16.5. The van der Waals surface area contributed by atoms with E-state index in [0.717, 1.165) is 32.1 Å². The van der Waals surface area contributed by atoms with E-state index in [4.69, 9.17) is 9.84 Å². The molecular formula is C17H32O4. The molecule has 4 nitrogen and oxygen atoms in total. The van der Waals surface area contributed by atoms with Crippen LogP contribution in [0.2, 0.25) is 0 Å². The van der Waals surface area contributed by atoms with Crippen LogP contribution in [0.4, 0.5) is 0 Å². The summed E-state index contributed by atoms with van der Waals surface area (Å²) in [6, 6.07) is 0. The summed E-state index contributed by atoms with van der Waals surface area (Å²) in [5, 5.41) is 8.51. The zero-order chi connectivity index (χ0) is 15.9. The summed E-state index contributed by atoms with van der Waals surface area (Å²) < 4.78 is 4.70. The van der Waals surface area contributed by atoms with E-state index in [1.165, 1.54) is 45.6 Å². The van der Waals surface area contributed by atoms with Crippen molar-refractivity contribution in [2.24, 2.45) is 5.92 Å². The molecule has 0 aromatic rings. The van der Waals surface area contributed by atoms with Gasteiger partial charge in [-0.25, -0.2) is 0 Å². The molecule has 0 saturated heterocycles. The monoisotopic (exact) mass is 300 g/mol. The molecule has 1 atom stereocenters. The van der Waals surface area contributed by atoms with Crippen molar-refractivity contribution < 1.29 is 19.4 Å². The second-order valence-electron chi connectivity index (χ2n) is 5.89. The number of unbranched alkanes of at least 4 members (excludes halogenated alkanes) is 9. The van der Waals surface area contributed by atoms with Crippen LogP contribution in [-0.4, -0.2) is 24.2 Å².